The number of amides is 1. The number of rotatable bonds is 2. The highest BCUT2D eigenvalue weighted by atomic mass is 35.5. The van der Waals surface area contributed by atoms with Gasteiger partial charge in [0.25, 0.3) is 5.91 Å². The van der Waals surface area contributed by atoms with Crippen molar-refractivity contribution in [1.82, 2.24) is 9.78 Å². The third-order valence-corrected chi connectivity index (χ3v) is 4.37. The van der Waals surface area contributed by atoms with E-state index in [0.717, 1.165) is 10.7 Å². The van der Waals surface area contributed by atoms with Gasteiger partial charge in [-0.25, -0.2) is 4.39 Å². The molecule has 128 valence electrons. The van der Waals surface area contributed by atoms with Crippen molar-refractivity contribution in [1.29, 1.82) is 0 Å². The van der Waals surface area contributed by atoms with Crippen LogP contribution in [0, 0.1) is 11.7 Å². The number of primary amides is 1. The van der Waals surface area contributed by atoms with Crippen molar-refractivity contribution in [3.8, 4) is 11.3 Å². The van der Waals surface area contributed by atoms with Gasteiger partial charge in [-0.05, 0) is 31.0 Å². The van der Waals surface area contributed by atoms with E-state index in [4.69, 9.17) is 17.3 Å². The predicted molar refractivity (Wildman–Crippen MR) is 79.0 cm³/mol. The van der Waals surface area contributed by atoms with Crippen molar-refractivity contribution >= 4 is 17.5 Å². The standard InChI is InChI=1S/C15H12ClF4N3O/c16-9-5-7(1-3-10(9)17)13-12(14(21)24)11-4-2-8(15(18,19)20)6-23(11)22-13/h1,3,5,8H,2,4,6H2,(H2,21,24). The third kappa shape index (κ3) is 2.86. The van der Waals surface area contributed by atoms with Crippen molar-refractivity contribution in [2.24, 2.45) is 11.7 Å². The molecular formula is C15H12ClF4N3O. The molecule has 2 aromatic rings. The van der Waals surface area contributed by atoms with Gasteiger partial charge in [-0.2, -0.15) is 18.3 Å². The largest absolute Gasteiger partial charge is 0.393 e. The minimum absolute atomic E-state index is 0.0321. The molecule has 3 rings (SSSR count). The summed E-state index contributed by atoms with van der Waals surface area (Å²) in [5.41, 5.74) is 6.23. The van der Waals surface area contributed by atoms with E-state index in [1.54, 1.807) is 0 Å². The van der Waals surface area contributed by atoms with Crippen LogP contribution in [0.3, 0.4) is 0 Å². The van der Waals surface area contributed by atoms with Gasteiger partial charge in [-0.15, -0.1) is 0 Å². The summed E-state index contributed by atoms with van der Waals surface area (Å²) in [5, 5.41) is 3.93. The number of hydrogen-bond acceptors (Lipinski definition) is 2. The maximum Gasteiger partial charge on any atom is 0.393 e. The minimum Gasteiger partial charge on any atom is -0.365 e. The fourth-order valence-electron chi connectivity index (χ4n) is 2.88. The third-order valence-electron chi connectivity index (χ3n) is 4.08. The maximum absolute atomic E-state index is 13.3. The molecule has 1 aliphatic rings. The average molecular weight is 362 g/mol. The summed E-state index contributed by atoms with van der Waals surface area (Å²) in [6.45, 7) is -0.381. The van der Waals surface area contributed by atoms with Crippen LogP contribution in [0.1, 0.15) is 22.5 Å². The van der Waals surface area contributed by atoms with Crippen LogP contribution >= 0.6 is 11.6 Å². The van der Waals surface area contributed by atoms with Crippen LogP contribution in [0.4, 0.5) is 17.6 Å². The highest BCUT2D eigenvalue weighted by Crippen LogP contribution is 2.37. The first-order valence-corrected chi connectivity index (χ1v) is 7.48. The van der Waals surface area contributed by atoms with Crippen molar-refractivity contribution < 1.29 is 22.4 Å². The van der Waals surface area contributed by atoms with Crippen molar-refractivity contribution in [3.63, 3.8) is 0 Å². The van der Waals surface area contributed by atoms with E-state index in [9.17, 15) is 22.4 Å². The second-order valence-electron chi connectivity index (χ2n) is 5.62. The lowest BCUT2D eigenvalue weighted by atomic mass is 9.94. The molecule has 0 aliphatic carbocycles. The first-order chi connectivity index (χ1) is 11.2. The molecule has 0 radical (unpaired) electrons. The van der Waals surface area contributed by atoms with Gasteiger partial charge in [-0.1, -0.05) is 11.6 Å². The summed E-state index contributed by atoms with van der Waals surface area (Å²) in [5.74, 6) is -2.98. The average Bonchev–Trinajstić information content (AvgIpc) is 2.87. The Labute approximate surface area is 139 Å². The molecular weight excluding hydrogens is 350 g/mol. The minimum atomic E-state index is -4.34. The Morgan fingerprint density at radius 3 is 2.67 bits per heavy atom. The molecule has 1 aromatic heterocycles. The molecule has 24 heavy (non-hydrogen) atoms. The number of carbonyl (C=O) groups is 1. The molecule has 1 unspecified atom stereocenters. The molecule has 9 heteroatoms. The van der Waals surface area contributed by atoms with Crippen LogP contribution in [-0.2, 0) is 13.0 Å². The molecule has 1 aromatic carbocycles. The van der Waals surface area contributed by atoms with E-state index in [-0.39, 0.29) is 35.7 Å². The van der Waals surface area contributed by atoms with E-state index in [1.807, 2.05) is 0 Å². The van der Waals surface area contributed by atoms with E-state index >= 15 is 0 Å². The molecule has 0 spiro atoms. The summed E-state index contributed by atoms with van der Waals surface area (Å²) in [6.07, 6.45) is -4.45. The number of nitrogens with two attached hydrogens (primary N) is 1. The first kappa shape index (κ1) is 16.8. The van der Waals surface area contributed by atoms with Gasteiger partial charge in [0.2, 0.25) is 0 Å². The molecule has 2 N–H and O–H groups in total. The Morgan fingerprint density at radius 1 is 1.38 bits per heavy atom. The van der Waals surface area contributed by atoms with E-state index in [2.05, 4.69) is 5.10 Å². The number of halogens is 5. The molecule has 0 bridgehead atoms. The lowest BCUT2D eigenvalue weighted by Gasteiger charge is -2.25. The van der Waals surface area contributed by atoms with Crippen LogP contribution < -0.4 is 5.73 Å². The zero-order valence-electron chi connectivity index (χ0n) is 12.2. The Balaban J connectivity index is 2.10. The van der Waals surface area contributed by atoms with Crippen molar-refractivity contribution in [2.75, 3.05) is 0 Å². The van der Waals surface area contributed by atoms with Gasteiger partial charge < -0.3 is 5.73 Å². The van der Waals surface area contributed by atoms with Gasteiger partial charge in [-0.3, -0.25) is 9.48 Å². The summed E-state index contributed by atoms with van der Waals surface area (Å²) in [4.78, 5) is 11.8. The SMILES string of the molecule is NC(=O)c1c(-c2ccc(F)c(Cl)c2)nn2c1CCC(C(F)(F)F)C2. The topological polar surface area (TPSA) is 60.9 Å². The molecule has 1 amide bonds. The highest BCUT2D eigenvalue weighted by molar-refractivity contribution is 6.31. The Hall–Kier alpha value is -2.09. The summed E-state index contributed by atoms with van der Waals surface area (Å²) in [6, 6.07) is 3.71. The normalized spacial score (nSPS) is 17.6. The number of aromatic nitrogens is 2. The van der Waals surface area contributed by atoms with Crippen LogP contribution in [-0.4, -0.2) is 21.9 Å². The molecule has 2 heterocycles. The van der Waals surface area contributed by atoms with Crippen molar-refractivity contribution in [3.05, 3.63) is 40.3 Å². The van der Waals surface area contributed by atoms with Crippen LogP contribution in [0.2, 0.25) is 5.02 Å². The van der Waals surface area contributed by atoms with Gasteiger partial charge in [0.05, 0.1) is 28.7 Å². The van der Waals surface area contributed by atoms with Gasteiger partial charge in [0, 0.05) is 5.56 Å². The smallest absolute Gasteiger partial charge is 0.365 e. The monoisotopic (exact) mass is 361 g/mol. The number of alkyl halides is 3. The maximum atomic E-state index is 13.3. The second kappa shape index (κ2) is 5.77. The Morgan fingerprint density at radius 2 is 2.08 bits per heavy atom. The number of fused-ring (bicyclic) bond motifs is 1. The first-order valence-electron chi connectivity index (χ1n) is 7.10. The van der Waals surface area contributed by atoms with Crippen LogP contribution in [0.25, 0.3) is 11.3 Å². The Kier molecular flexibility index (Phi) is 4.03. The molecule has 4 nitrogen and oxygen atoms in total. The lowest BCUT2D eigenvalue weighted by Crippen LogP contribution is -2.33. The lowest BCUT2D eigenvalue weighted by molar-refractivity contribution is -0.182. The highest BCUT2D eigenvalue weighted by Gasteiger charge is 2.43. The molecule has 1 aliphatic heterocycles. The fraction of sp³-hybridized carbons (Fsp3) is 0.333. The molecule has 1 atom stereocenters. The van der Waals surface area contributed by atoms with E-state index in [0.29, 0.717) is 11.3 Å². The van der Waals surface area contributed by atoms with Crippen molar-refractivity contribution in [2.45, 2.75) is 25.6 Å². The van der Waals surface area contributed by atoms with E-state index in [1.165, 1.54) is 12.1 Å². The quantitative estimate of drug-likeness (QED) is 0.831. The number of nitrogens with zero attached hydrogens (tertiary/aromatic N) is 2. The Bertz CT molecular complexity index is 816. The molecule has 0 saturated carbocycles. The van der Waals surface area contributed by atoms with Gasteiger partial charge in [0.1, 0.15) is 11.5 Å². The molecule has 0 saturated heterocycles. The summed E-state index contributed by atoms with van der Waals surface area (Å²) < 4.78 is 53.3. The van der Waals surface area contributed by atoms with Crippen LogP contribution in [0.15, 0.2) is 18.2 Å². The fourth-order valence-corrected chi connectivity index (χ4v) is 3.06. The number of benzene rings is 1. The van der Waals surface area contributed by atoms with E-state index < -0.39 is 23.8 Å². The van der Waals surface area contributed by atoms with Gasteiger partial charge >= 0.3 is 6.18 Å². The molecule has 0 fully saturated rings. The summed E-state index contributed by atoms with van der Waals surface area (Å²) in [7, 11) is 0. The zero-order valence-corrected chi connectivity index (χ0v) is 13.0. The number of hydrogen-bond donors (Lipinski definition) is 1. The number of carbonyl (C=O) groups excluding carboxylic acids is 1. The van der Waals surface area contributed by atoms with Gasteiger partial charge in [0.15, 0.2) is 0 Å². The predicted octanol–water partition coefficient (Wildman–Crippen LogP) is 3.57. The van der Waals surface area contributed by atoms with Crippen LogP contribution in [0.5, 0.6) is 0 Å². The zero-order chi connectivity index (χ0) is 17.6. The summed E-state index contributed by atoms with van der Waals surface area (Å²) >= 11 is 5.73. The second-order valence-corrected chi connectivity index (χ2v) is 6.03.